The van der Waals surface area contributed by atoms with Crippen molar-refractivity contribution in [3.8, 4) is 0 Å². The molecule has 0 radical (unpaired) electrons. The molecule has 0 saturated carbocycles. The molecule has 0 unspecified atom stereocenters. The van der Waals surface area contributed by atoms with Crippen LogP contribution in [0.3, 0.4) is 0 Å². The second-order valence-corrected chi connectivity index (χ2v) is 4.38. The first kappa shape index (κ1) is 16.1. The van der Waals surface area contributed by atoms with E-state index in [0.717, 1.165) is 0 Å². The van der Waals surface area contributed by atoms with Crippen molar-refractivity contribution in [2.75, 3.05) is 11.9 Å². The highest BCUT2D eigenvalue weighted by molar-refractivity contribution is 6.07. The number of benzene rings is 1. The van der Waals surface area contributed by atoms with E-state index in [1.54, 1.807) is 6.92 Å². The van der Waals surface area contributed by atoms with Crippen LogP contribution in [-0.4, -0.2) is 28.4 Å². The number of carbonyl (C=O) groups is 2. The summed E-state index contributed by atoms with van der Waals surface area (Å²) >= 11 is 0. The van der Waals surface area contributed by atoms with Gasteiger partial charge in [0.05, 0.1) is 17.1 Å². The molecule has 8 heteroatoms. The Hall–Kier alpha value is -3.29. The Bertz CT molecular complexity index is 760. The number of hydrogen-bond acceptors (Lipinski definition) is 6. The normalized spacial score (nSPS) is 9.96. The molecule has 8 nitrogen and oxygen atoms in total. The molecule has 0 aliphatic carbocycles. The fourth-order valence-corrected chi connectivity index (χ4v) is 1.85. The summed E-state index contributed by atoms with van der Waals surface area (Å²) < 4.78 is 4.85. The molecule has 2 rings (SSSR count). The molecule has 1 heterocycles. The van der Waals surface area contributed by atoms with Gasteiger partial charge in [-0.1, -0.05) is 12.1 Å². The largest absolute Gasteiger partial charge is 0.462 e. The molecule has 1 amide bonds. The van der Waals surface area contributed by atoms with Crippen molar-refractivity contribution in [3.63, 3.8) is 0 Å². The SMILES string of the molecule is CCOC(=O)c1ccnc(NC(=O)c2ccccc2[N+](=O)[O-])c1. The van der Waals surface area contributed by atoms with E-state index in [0.29, 0.717) is 0 Å². The monoisotopic (exact) mass is 315 g/mol. The molecule has 0 saturated heterocycles. The van der Waals surface area contributed by atoms with Crippen molar-refractivity contribution in [3.05, 3.63) is 63.8 Å². The summed E-state index contributed by atoms with van der Waals surface area (Å²) in [5.74, 6) is -1.14. The summed E-state index contributed by atoms with van der Waals surface area (Å²) in [5, 5.41) is 13.4. The van der Waals surface area contributed by atoms with Gasteiger partial charge in [-0.15, -0.1) is 0 Å². The number of anilines is 1. The number of para-hydroxylation sites is 1. The van der Waals surface area contributed by atoms with Gasteiger partial charge in [0.2, 0.25) is 0 Å². The van der Waals surface area contributed by atoms with Crippen LogP contribution in [0.4, 0.5) is 11.5 Å². The number of nitrogens with one attached hydrogen (secondary N) is 1. The molecular formula is C15H13N3O5. The number of ether oxygens (including phenoxy) is 1. The van der Waals surface area contributed by atoms with E-state index in [1.165, 1.54) is 42.6 Å². The average molecular weight is 315 g/mol. The lowest BCUT2D eigenvalue weighted by atomic mass is 10.1. The molecule has 2 aromatic rings. The number of amides is 1. The third-order valence-electron chi connectivity index (χ3n) is 2.86. The van der Waals surface area contributed by atoms with Gasteiger partial charge in [-0.3, -0.25) is 14.9 Å². The molecular weight excluding hydrogens is 302 g/mol. The van der Waals surface area contributed by atoms with Crippen molar-refractivity contribution < 1.29 is 19.2 Å². The second kappa shape index (κ2) is 7.12. The summed E-state index contributed by atoms with van der Waals surface area (Å²) in [6.07, 6.45) is 1.33. The fourth-order valence-electron chi connectivity index (χ4n) is 1.85. The molecule has 0 bridgehead atoms. The number of pyridine rings is 1. The van der Waals surface area contributed by atoms with E-state index in [4.69, 9.17) is 4.74 Å². The van der Waals surface area contributed by atoms with Crippen LogP contribution in [0.25, 0.3) is 0 Å². The summed E-state index contributed by atoms with van der Waals surface area (Å²) in [4.78, 5) is 38.0. The number of nitrogens with zero attached hydrogens (tertiary/aromatic N) is 2. The summed E-state index contributed by atoms with van der Waals surface area (Å²) in [6.45, 7) is 1.90. The highest BCUT2D eigenvalue weighted by atomic mass is 16.6. The maximum absolute atomic E-state index is 12.2. The Morgan fingerprint density at radius 1 is 1.30 bits per heavy atom. The summed E-state index contributed by atoms with van der Waals surface area (Å²) in [7, 11) is 0. The van der Waals surface area contributed by atoms with E-state index < -0.39 is 16.8 Å². The predicted molar refractivity (Wildman–Crippen MR) is 81.2 cm³/mol. The highest BCUT2D eigenvalue weighted by Crippen LogP contribution is 2.19. The van der Waals surface area contributed by atoms with Crippen LogP contribution in [0, 0.1) is 10.1 Å². The van der Waals surface area contributed by atoms with Gasteiger partial charge >= 0.3 is 5.97 Å². The van der Waals surface area contributed by atoms with E-state index in [9.17, 15) is 19.7 Å². The molecule has 1 aromatic heterocycles. The van der Waals surface area contributed by atoms with Crippen LogP contribution in [0.1, 0.15) is 27.6 Å². The van der Waals surface area contributed by atoms with Gasteiger partial charge in [-0.2, -0.15) is 0 Å². The van der Waals surface area contributed by atoms with Gasteiger partial charge in [0.1, 0.15) is 11.4 Å². The number of carbonyl (C=O) groups excluding carboxylic acids is 2. The highest BCUT2D eigenvalue weighted by Gasteiger charge is 2.19. The average Bonchev–Trinajstić information content (AvgIpc) is 2.55. The first-order valence-electron chi connectivity index (χ1n) is 6.71. The Balaban J connectivity index is 2.23. The lowest BCUT2D eigenvalue weighted by Gasteiger charge is -2.06. The molecule has 0 aliphatic heterocycles. The number of rotatable bonds is 5. The minimum Gasteiger partial charge on any atom is -0.462 e. The molecule has 1 N–H and O–H groups in total. The van der Waals surface area contributed by atoms with Crippen molar-refractivity contribution in [1.82, 2.24) is 4.98 Å². The number of hydrogen-bond donors (Lipinski definition) is 1. The number of esters is 1. The predicted octanol–water partition coefficient (Wildman–Crippen LogP) is 2.42. The van der Waals surface area contributed by atoms with Gasteiger partial charge in [0, 0.05) is 12.3 Å². The molecule has 1 aromatic carbocycles. The van der Waals surface area contributed by atoms with Crippen molar-refractivity contribution in [2.24, 2.45) is 0 Å². The first-order chi connectivity index (χ1) is 11.0. The third-order valence-corrected chi connectivity index (χ3v) is 2.86. The molecule has 0 aliphatic rings. The van der Waals surface area contributed by atoms with Crippen LogP contribution in [0.15, 0.2) is 42.6 Å². The number of aromatic nitrogens is 1. The number of nitro benzene ring substituents is 1. The smallest absolute Gasteiger partial charge is 0.338 e. The Morgan fingerprint density at radius 3 is 2.74 bits per heavy atom. The first-order valence-corrected chi connectivity index (χ1v) is 6.71. The van der Waals surface area contributed by atoms with Crippen LogP contribution in [-0.2, 0) is 4.74 Å². The standard InChI is InChI=1S/C15H13N3O5/c1-2-23-15(20)10-7-8-16-13(9-10)17-14(19)11-5-3-4-6-12(11)18(21)22/h3-9H,2H2,1H3,(H,16,17,19). The molecule has 0 atom stereocenters. The Morgan fingerprint density at radius 2 is 2.04 bits per heavy atom. The van der Waals surface area contributed by atoms with Gasteiger partial charge in [-0.05, 0) is 25.1 Å². The van der Waals surface area contributed by atoms with Crippen molar-refractivity contribution in [2.45, 2.75) is 6.92 Å². The van der Waals surface area contributed by atoms with Gasteiger partial charge in [0.25, 0.3) is 11.6 Å². The topological polar surface area (TPSA) is 111 Å². The van der Waals surface area contributed by atoms with Crippen LogP contribution < -0.4 is 5.32 Å². The van der Waals surface area contributed by atoms with Crippen LogP contribution >= 0.6 is 0 Å². The molecule has 118 valence electrons. The Kier molecular flexibility index (Phi) is 4.98. The summed E-state index contributed by atoms with van der Waals surface area (Å²) in [5.41, 5.74) is -0.188. The van der Waals surface area contributed by atoms with E-state index in [-0.39, 0.29) is 29.2 Å². The van der Waals surface area contributed by atoms with Crippen LogP contribution in [0.2, 0.25) is 0 Å². The van der Waals surface area contributed by atoms with E-state index in [1.807, 2.05) is 0 Å². The maximum Gasteiger partial charge on any atom is 0.338 e. The zero-order valence-electron chi connectivity index (χ0n) is 12.2. The van der Waals surface area contributed by atoms with Crippen LogP contribution in [0.5, 0.6) is 0 Å². The lowest BCUT2D eigenvalue weighted by Crippen LogP contribution is -2.15. The zero-order chi connectivity index (χ0) is 16.8. The minimum atomic E-state index is -0.689. The van der Waals surface area contributed by atoms with E-state index >= 15 is 0 Å². The van der Waals surface area contributed by atoms with Gasteiger partial charge < -0.3 is 10.1 Å². The second-order valence-electron chi connectivity index (χ2n) is 4.38. The van der Waals surface area contributed by atoms with E-state index in [2.05, 4.69) is 10.3 Å². The number of nitro groups is 1. The lowest BCUT2D eigenvalue weighted by molar-refractivity contribution is -0.385. The zero-order valence-corrected chi connectivity index (χ0v) is 12.2. The molecule has 0 fully saturated rings. The Labute approximate surface area is 131 Å². The van der Waals surface area contributed by atoms with Crippen molar-refractivity contribution >= 4 is 23.4 Å². The maximum atomic E-state index is 12.2. The van der Waals surface area contributed by atoms with Crippen molar-refractivity contribution in [1.29, 1.82) is 0 Å². The van der Waals surface area contributed by atoms with Gasteiger partial charge in [0.15, 0.2) is 0 Å². The molecule has 0 spiro atoms. The fraction of sp³-hybridized carbons (Fsp3) is 0.133. The quantitative estimate of drug-likeness (QED) is 0.515. The molecule has 23 heavy (non-hydrogen) atoms. The summed E-state index contributed by atoms with van der Waals surface area (Å²) in [6, 6.07) is 8.34. The third kappa shape index (κ3) is 3.88. The minimum absolute atomic E-state index is 0.0960. The van der Waals surface area contributed by atoms with Gasteiger partial charge in [-0.25, -0.2) is 9.78 Å².